The van der Waals surface area contributed by atoms with Gasteiger partial charge in [0, 0.05) is 5.56 Å². The number of aliphatic carboxylic acids is 1. The number of benzene rings is 1. The van der Waals surface area contributed by atoms with Gasteiger partial charge in [-0.2, -0.15) is 0 Å². The highest BCUT2D eigenvalue weighted by Gasteiger charge is 2.15. The van der Waals surface area contributed by atoms with Crippen molar-refractivity contribution in [3.63, 3.8) is 0 Å². The van der Waals surface area contributed by atoms with Crippen LogP contribution in [0.1, 0.15) is 18.5 Å². The number of hydrogen-bond acceptors (Lipinski definition) is 5. The van der Waals surface area contributed by atoms with Crippen molar-refractivity contribution in [2.75, 3.05) is 25.7 Å². The molecule has 6 nitrogen and oxygen atoms in total. The number of amides is 1. The quantitative estimate of drug-likeness (QED) is 0.760. The smallest absolute Gasteiger partial charge is 0.313 e. The number of methoxy groups -OCH3 is 2. The molecule has 0 bridgehead atoms. The van der Waals surface area contributed by atoms with Crippen molar-refractivity contribution >= 4 is 23.6 Å². The van der Waals surface area contributed by atoms with Gasteiger partial charge >= 0.3 is 5.97 Å². The summed E-state index contributed by atoms with van der Waals surface area (Å²) in [5, 5.41) is 11.3. The Morgan fingerprint density at radius 2 is 2.00 bits per heavy atom. The van der Waals surface area contributed by atoms with Crippen molar-refractivity contribution < 1.29 is 24.2 Å². The van der Waals surface area contributed by atoms with Crippen molar-refractivity contribution in [1.29, 1.82) is 0 Å². The average Bonchev–Trinajstić information content (AvgIpc) is 2.45. The second-order valence-electron chi connectivity index (χ2n) is 4.28. The first-order valence-electron chi connectivity index (χ1n) is 6.28. The van der Waals surface area contributed by atoms with Crippen LogP contribution < -0.4 is 14.8 Å². The molecule has 7 heteroatoms. The number of thioether (sulfide) groups is 1. The second-order valence-corrected chi connectivity index (χ2v) is 5.27. The average molecular weight is 313 g/mol. The Morgan fingerprint density at radius 3 is 2.57 bits per heavy atom. The molecule has 0 saturated heterocycles. The molecule has 0 aliphatic heterocycles. The van der Waals surface area contributed by atoms with Crippen LogP contribution in [0.25, 0.3) is 0 Å². The first-order chi connectivity index (χ1) is 9.97. The van der Waals surface area contributed by atoms with E-state index in [4.69, 9.17) is 14.6 Å². The lowest BCUT2D eigenvalue weighted by atomic mass is 10.1. The molecule has 1 unspecified atom stereocenters. The summed E-state index contributed by atoms with van der Waals surface area (Å²) in [6.07, 6.45) is 0. The molecule has 116 valence electrons. The molecule has 0 aliphatic carbocycles. The van der Waals surface area contributed by atoms with E-state index in [0.717, 1.165) is 17.3 Å². The zero-order valence-electron chi connectivity index (χ0n) is 12.2. The number of ether oxygens (including phenoxy) is 2. The fourth-order valence-electron chi connectivity index (χ4n) is 1.77. The summed E-state index contributed by atoms with van der Waals surface area (Å²) in [6.45, 7) is 1.83. The zero-order valence-corrected chi connectivity index (χ0v) is 13.0. The topological polar surface area (TPSA) is 84.9 Å². The van der Waals surface area contributed by atoms with Crippen molar-refractivity contribution in [2.24, 2.45) is 0 Å². The normalized spacial score (nSPS) is 11.6. The maximum atomic E-state index is 11.8. The molecule has 0 fully saturated rings. The highest BCUT2D eigenvalue weighted by atomic mass is 32.2. The standard InChI is InChI=1S/C14H19NO5S/c1-9(15-13(16)7-21-8-14(17)18)11-6-10(19-2)4-5-12(11)20-3/h4-6,9H,7-8H2,1-3H3,(H,15,16)(H,17,18). The van der Waals surface area contributed by atoms with Crippen LogP contribution in [0, 0.1) is 0 Å². The lowest BCUT2D eigenvalue weighted by Crippen LogP contribution is -2.28. The van der Waals surface area contributed by atoms with E-state index in [1.807, 2.05) is 6.92 Å². The second kappa shape index (κ2) is 8.41. The molecule has 0 aliphatic rings. The fourth-order valence-corrected chi connectivity index (χ4v) is 2.32. The van der Waals surface area contributed by atoms with E-state index < -0.39 is 5.97 Å². The first kappa shape index (κ1) is 17.2. The minimum absolute atomic E-state index is 0.0930. The van der Waals surface area contributed by atoms with Crippen LogP contribution in [-0.4, -0.2) is 42.7 Å². The molecule has 1 rings (SSSR count). The van der Waals surface area contributed by atoms with E-state index in [-0.39, 0.29) is 23.5 Å². The SMILES string of the molecule is COc1ccc(OC)c(C(C)NC(=O)CSCC(=O)O)c1. The van der Waals surface area contributed by atoms with Crippen molar-refractivity contribution in [1.82, 2.24) is 5.32 Å². The molecule has 2 N–H and O–H groups in total. The molecule has 0 aromatic heterocycles. The maximum Gasteiger partial charge on any atom is 0.313 e. The van der Waals surface area contributed by atoms with Gasteiger partial charge < -0.3 is 19.9 Å². The number of hydrogen-bond donors (Lipinski definition) is 2. The third-order valence-electron chi connectivity index (χ3n) is 2.74. The number of rotatable bonds is 8. The van der Waals surface area contributed by atoms with Crippen LogP contribution in [0.2, 0.25) is 0 Å². The predicted octanol–water partition coefficient (Wildman–Crippen LogP) is 1.70. The van der Waals surface area contributed by atoms with E-state index in [9.17, 15) is 9.59 Å². The molecular weight excluding hydrogens is 294 g/mol. The fraction of sp³-hybridized carbons (Fsp3) is 0.429. The Hall–Kier alpha value is -1.89. The minimum atomic E-state index is -0.935. The van der Waals surface area contributed by atoms with Gasteiger partial charge in [-0.3, -0.25) is 9.59 Å². The Bertz CT molecular complexity index is 506. The predicted molar refractivity (Wildman–Crippen MR) is 81.1 cm³/mol. The molecule has 1 aromatic rings. The molecule has 0 heterocycles. The van der Waals surface area contributed by atoms with Gasteiger partial charge in [-0.25, -0.2) is 0 Å². The van der Waals surface area contributed by atoms with Crippen molar-refractivity contribution in [3.8, 4) is 11.5 Å². The first-order valence-corrected chi connectivity index (χ1v) is 7.44. The summed E-state index contributed by atoms with van der Waals surface area (Å²) < 4.78 is 10.4. The maximum absolute atomic E-state index is 11.8. The number of carbonyl (C=O) groups excluding carboxylic acids is 1. The number of carboxylic acid groups (broad SMARTS) is 1. The zero-order chi connectivity index (χ0) is 15.8. The van der Waals surface area contributed by atoms with E-state index in [0.29, 0.717) is 11.5 Å². The highest BCUT2D eigenvalue weighted by molar-refractivity contribution is 8.00. The van der Waals surface area contributed by atoms with Gasteiger partial charge in [0.05, 0.1) is 31.8 Å². The van der Waals surface area contributed by atoms with E-state index in [1.54, 1.807) is 32.4 Å². The van der Waals surface area contributed by atoms with E-state index in [1.165, 1.54) is 0 Å². The lowest BCUT2D eigenvalue weighted by Gasteiger charge is -2.18. The third-order valence-corrected chi connectivity index (χ3v) is 3.66. The molecule has 0 spiro atoms. The molecule has 1 aromatic carbocycles. The van der Waals surface area contributed by atoms with Crippen LogP contribution in [0.15, 0.2) is 18.2 Å². The molecular formula is C14H19NO5S. The summed E-state index contributed by atoms with van der Waals surface area (Å²) in [7, 11) is 3.12. The molecule has 1 amide bonds. The monoisotopic (exact) mass is 313 g/mol. The summed E-state index contributed by atoms with van der Waals surface area (Å²) >= 11 is 1.06. The van der Waals surface area contributed by atoms with Crippen molar-refractivity contribution in [2.45, 2.75) is 13.0 Å². The van der Waals surface area contributed by atoms with Crippen LogP contribution in [0.3, 0.4) is 0 Å². The van der Waals surface area contributed by atoms with Gasteiger partial charge in [0.15, 0.2) is 0 Å². The van der Waals surface area contributed by atoms with Gasteiger partial charge in [0.2, 0.25) is 5.91 Å². The largest absolute Gasteiger partial charge is 0.497 e. The number of carboxylic acids is 1. The van der Waals surface area contributed by atoms with Gasteiger partial charge in [-0.1, -0.05) is 0 Å². The van der Waals surface area contributed by atoms with Crippen molar-refractivity contribution in [3.05, 3.63) is 23.8 Å². The van der Waals surface area contributed by atoms with Gasteiger partial charge in [0.1, 0.15) is 11.5 Å². The summed E-state index contributed by atoms with van der Waals surface area (Å²) in [4.78, 5) is 22.2. The number of carbonyl (C=O) groups is 2. The van der Waals surface area contributed by atoms with Crippen LogP contribution in [0.5, 0.6) is 11.5 Å². The Morgan fingerprint density at radius 1 is 1.29 bits per heavy atom. The Kier molecular flexibility index (Phi) is 6.87. The van der Waals surface area contributed by atoms with Crippen LogP contribution >= 0.6 is 11.8 Å². The Labute approximate surface area is 127 Å². The highest BCUT2D eigenvalue weighted by Crippen LogP contribution is 2.29. The Balaban J connectivity index is 2.67. The third kappa shape index (κ3) is 5.55. The molecule has 1 atom stereocenters. The van der Waals surface area contributed by atoms with Crippen LogP contribution in [0.4, 0.5) is 0 Å². The summed E-state index contributed by atoms with van der Waals surface area (Å²) in [6, 6.07) is 5.08. The van der Waals surface area contributed by atoms with E-state index in [2.05, 4.69) is 5.32 Å². The van der Waals surface area contributed by atoms with E-state index >= 15 is 0 Å². The molecule has 0 saturated carbocycles. The lowest BCUT2D eigenvalue weighted by molar-refractivity contribution is -0.133. The number of nitrogens with one attached hydrogen (secondary N) is 1. The van der Waals surface area contributed by atoms with Gasteiger partial charge in [-0.15, -0.1) is 11.8 Å². The van der Waals surface area contributed by atoms with Gasteiger partial charge in [0.25, 0.3) is 0 Å². The molecule has 0 radical (unpaired) electrons. The minimum Gasteiger partial charge on any atom is -0.497 e. The molecule has 21 heavy (non-hydrogen) atoms. The summed E-state index contributed by atoms with van der Waals surface area (Å²) in [5.74, 6) is 0.176. The van der Waals surface area contributed by atoms with Crippen LogP contribution in [-0.2, 0) is 9.59 Å². The van der Waals surface area contributed by atoms with Gasteiger partial charge in [-0.05, 0) is 25.1 Å². The summed E-state index contributed by atoms with van der Waals surface area (Å²) in [5.41, 5.74) is 0.799.